The molecule has 13 aromatic rings. The number of fused-ring (bicyclic) bond motifs is 9. The van der Waals surface area contributed by atoms with Crippen molar-refractivity contribution in [2.75, 3.05) is 4.90 Å². The van der Waals surface area contributed by atoms with Crippen molar-refractivity contribution in [1.29, 1.82) is 0 Å². The van der Waals surface area contributed by atoms with Crippen LogP contribution in [0, 0.1) is 0 Å². The highest BCUT2D eigenvalue weighted by atomic mass is 32.1. The molecule has 0 aliphatic carbocycles. The average Bonchev–Trinajstić information content (AvgIpc) is 4.02. The van der Waals surface area contributed by atoms with Crippen LogP contribution in [0.3, 0.4) is 0 Å². The zero-order chi connectivity index (χ0) is 42.1. The van der Waals surface area contributed by atoms with Crippen molar-refractivity contribution < 1.29 is 0 Å². The van der Waals surface area contributed by atoms with Crippen molar-refractivity contribution in [2.45, 2.75) is 0 Å². The smallest absolute Gasteiger partial charge is 0.0619 e. The van der Waals surface area contributed by atoms with Crippen LogP contribution < -0.4 is 4.90 Å². The van der Waals surface area contributed by atoms with Crippen LogP contribution in [0.5, 0.6) is 0 Å². The van der Waals surface area contributed by atoms with Gasteiger partial charge in [0.25, 0.3) is 0 Å². The molecule has 3 nitrogen and oxygen atoms in total. The standard InChI is InChI=1S/C60H39N3S/c1-3-15-43(16-4-1)61(44-17-5-2-6-18-44)45-31-27-40(28-32-45)42-37-53(41-29-33-46(34-30-41)62-55-23-11-7-19-48(55)49-20-8-12-24-56(49)62)60-54(38-42)50-21-9-13-25-57(50)63(60)47-35-36-52-51-22-10-14-26-58(51)64-59(52)39-47/h1-39H. The number of nitrogens with zero attached hydrogens (tertiary/aromatic N) is 3. The minimum absolute atomic E-state index is 1.11. The summed E-state index contributed by atoms with van der Waals surface area (Å²) in [6.07, 6.45) is 0. The highest BCUT2D eigenvalue weighted by Crippen LogP contribution is 2.44. The molecule has 0 spiro atoms. The van der Waals surface area contributed by atoms with E-state index in [9.17, 15) is 0 Å². The van der Waals surface area contributed by atoms with Gasteiger partial charge in [-0.25, -0.2) is 0 Å². The molecule has 3 heterocycles. The van der Waals surface area contributed by atoms with Gasteiger partial charge in [0, 0.05) is 75.7 Å². The Kier molecular flexibility index (Phi) is 8.40. The van der Waals surface area contributed by atoms with E-state index in [1.807, 2.05) is 11.3 Å². The summed E-state index contributed by atoms with van der Waals surface area (Å²) in [5.74, 6) is 0. The Morgan fingerprint density at radius 3 is 1.42 bits per heavy atom. The Bertz CT molecular complexity index is 3780. The first kappa shape index (κ1) is 36.5. The molecule has 64 heavy (non-hydrogen) atoms. The molecule has 0 N–H and O–H groups in total. The van der Waals surface area contributed by atoms with E-state index in [4.69, 9.17) is 0 Å². The van der Waals surface area contributed by atoms with Gasteiger partial charge >= 0.3 is 0 Å². The summed E-state index contributed by atoms with van der Waals surface area (Å²) in [5.41, 5.74) is 15.1. The summed E-state index contributed by atoms with van der Waals surface area (Å²) in [6, 6.07) is 86.4. The predicted octanol–water partition coefficient (Wildman–Crippen LogP) is 17.1. The monoisotopic (exact) mass is 833 g/mol. The van der Waals surface area contributed by atoms with Crippen LogP contribution in [0.25, 0.3) is 97.4 Å². The lowest BCUT2D eigenvalue weighted by Crippen LogP contribution is -2.09. The van der Waals surface area contributed by atoms with Gasteiger partial charge in [0.2, 0.25) is 0 Å². The Labute approximate surface area is 374 Å². The molecule has 0 fully saturated rings. The fourth-order valence-corrected chi connectivity index (χ4v) is 11.1. The number of anilines is 3. The molecular formula is C60H39N3S. The lowest BCUT2D eigenvalue weighted by Gasteiger charge is -2.25. The fourth-order valence-electron chi connectivity index (χ4n) is 10.0. The summed E-state index contributed by atoms with van der Waals surface area (Å²) >= 11 is 1.87. The number of hydrogen-bond donors (Lipinski definition) is 0. The first-order chi connectivity index (χ1) is 31.7. The summed E-state index contributed by atoms with van der Waals surface area (Å²) in [5, 5.41) is 7.60. The first-order valence-electron chi connectivity index (χ1n) is 21.8. The highest BCUT2D eigenvalue weighted by Gasteiger charge is 2.21. The van der Waals surface area contributed by atoms with Gasteiger partial charge in [-0.3, -0.25) is 0 Å². The molecular weight excluding hydrogens is 795 g/mol. The van der Waals surface area contributed by atoms with Gasteiger partial charge in [0.1, 0.15) is 0 Å². The molecule has 0 atom stereocenters. The van der Waals surface area contributed by atoms with Crippen LogP contribution >= 0.6 is 11.3 Å². The third-order valence-corrected chi connectivity index (χ3v) is 14.0. The minimum Gasteiger partial charge on any atom is -0.311 e. The second kappa shape index (κ2) is 14.7. The van der Waals surface area contributed by atoms with E-state index in [-0.39, 0.29) is 0 Å². The molecule has 0 unspecified atom stereocenters. The molecule has 0 aliphatic rings. The number of thiophene rings is 1. The molecule has 4 heteroatoms. The molecule has 0 saturated carbocycles. The van der Waals surface area contributed by atoms with E-state index < -0.39 is 0 Å². The van der Waals surface area contributed by atoms with Gasteiger partial charge in [-0.1, -0.05) is 140 Å². The Morgan fingerprint density at radius 2 is 0.781 bits per heavy atom. The second-order valence-corrected chi connectivity index (χ2v) is 17.6. The zero-order valence-electron chi connectivity index (χ0n) is 34.8. The van der Waals surface area contributed by atoms with Crippen molar-refractivity contribution >= 4 is 92.2 Å². The van der Waals surface area contributed by atoms with Crippen molar-refractivity contribution in [3.63, 3.8) is 0 Å². The van der Waals surface area contributed by atoms with Crippen molar-refractivity contribution in [3.05, 3.63) is 237 Å². The molecule has 0 aliphatic heterocycles. The Balaban J connectivity index is 1.02. The molecule has 0 radical (unpaired) electrons. The fraction of sp³-hybridized carbons (Fsp3) is 0. The first-order valence-corrected chi connectivity index (χ1v) is 22.7. The van der Waals surface area contributed by atoms with Crippen LogP contribution in [0.4, 0.5) is 17.1 Å². The normalized spacial score (nSPS) is 11.8. The van der Waals surface area contributed by atoms with E-state index in [1.165, 1.54) is 86.0 Å². The van der Waals surface area contributed by atoms with Gasteiger partial charge in [-0.2, -0.15) is 0 Å². The number of aromatic nitrogens is 2. The Hall–Kier alpha value is -8.18. The van der Waals surface area contributed by atoms with Gasteiger partial charge in [-0.15, -0.1) is 11.3 Å². The largest absolute Gasteiger partial charge is 0.311 e. The topological polar surface area (TPSA) is 13.1 Å². The molecule has 3 aromatic heterocycles. The molecule has 0 amide bonds. The lowest BCUT2D eigenvalue weighted by molar-refractivity contribution is 1.18. The summed E-state index contributed by atoms with van der Waals surface area (Å²) in [4.78, 5) is 2.32. The zero-order valence-corrected chi connectivity index (χ0v) is 35.6. The third kappa shape index (κ3) is 5.81. The maximum atomic E-state index is 2.50. The van der Waals surface area contributed by atoms with Crippen LogP contribution in [0.2, 0.25) is 0 Å². The van der Waals surface area contributed by atoms with Crippen LogP contribution in [0.1, 0.15) is 0 Å². The van der Waals surface area contributed by atoms with E-state index in [2.05, 4.69) is 251 Å². The lowest BCUT2D eigenvalue weighted by atomic mass is 9.95. The third-order valence-electron chi connectivity index (χ3n) is 12.9. The highest BCUT2D eigenvalue weighted by molar-refractivity contribution is 7.25. The van der Waals surface area contributed by atoms with E-state index in [0.29, 0.717) is 0 Å². The van der Waals surface area contributed by atoms with Gasteiger partial charge in [0.15, 0.2) is 0 Å². The SMILES string of the molecule is c1ccc(N(c2ccccc2)c2ccc(-c3cc(-c4ccc(-n5c6ccccc6c6ccccc65)cc4)c4c(c3)c3ccccc3n4-c3ccc4c(c3)sc3ccccc34)cc2)cc1. The van der Waals surface area contributed by atoms with Crippen molar-refractivity contribution in [2.24, 2.45) is 0 Å². The number of para-hydroxylation sites is 5. The van der Waals surface area contributed by atoms with Gasteiger partial charge in [-0.05, 0) is 114 Å². The maximum Gasteiger partial charge on any atom is 0.0619 e. The summed E-state index contributed by atoms with van der Waals surface area (Å²) < 4.78 is 7.49. The van der Waals surface area contributed by atoms with Gasteiger partial charge < -0.3 is 14.0 Å². The van der Waals surface area contributed by atoms with Crippen LogP contribution in [0.15, 0.2) is 237 Å². The predicted molar refractivity (Wildman–Crippen MR) is 274 cm³/mol. The number of hydrogen-bond acceptors (Lipinski definition) is 2. The van der Waals surface area contributed by atoms with Gasteiger partial charge in [0.05, 0.1) is 22.1 Å². The van der Waals surface area contributed by atoms with E-state index in [0.717, 1.165) is 28.4 Å². The van der Waals surface area contributed by atoms with E-state index >= 15 is 0 Å². The van der Waals surface area contributed by atoms with Crippen LogP contribution in [-0.4, -0.2) is 9.13 Å². The Morgan fingerprint density at radius 1 is 0.297 bits per heavy atom. The summed E-state index contributed by atoms with van der Waals surface area (Å²) in [7, 11) is 0. The molecule has 300 valence electrons. The number of rotatable bonds is 7. The summed E-state index contributed by atoms with van der Waals surface area (Å²) in [6.45, 7) is 0. The molecule has 0 saturated heterocycles. The average molecular weight is 834 g/mol. The number of benzene rings is 10. The minimum atomic E-state index is 1.11. The quantitative estimate of drug-likeness (QED) is 0.156. The van der Waals surface area contributed by atoms with Crippen LogP contribution in [-0.2, 0) is 0 Å². The second-order valence-electron chi connectivity index (χ2n) is 16.5. The maximum absolute atomic E-state index is 2.50. The van der Waals surface area contributed by atoms with E-state index in [1.54, 1.807) is 0 Å². The molecule has 0 bridgehead atoms. The van der Waals surface area contributed by atoms with Crippen molar-refractivity contribution in [3.8, 4) is 33.6 Å². The van der Waals surface area contributed by atoms with Crippen molar-refractivity contribution in [1.82, 2.24) is 9.13 Å². The molecule has 10 aromatic carbocycles. The molecule has 13 rings (SSSR count).